The van der Waals surface area contributed by atoms with Crippen LogP contribution in [0.15, 0.2) is 66.2 Å². The van der Waals surface area contributed by atoms with E-state index in [9.17, 15) is 17.6 Å². The van der Waals surface area contributed by atoms with E-state index in [1.165, 1.54) is 22.5 Å². The first-order chi connectivity index (χ1) is 14.4. The van der Waals surface area contributed by atoms with E-state index in [0.29, 0.717) is 25.9 Å². The van der Waals surface area contributed by atoms with Crippen LogP contribution in [0.2, 0.25) is 0 Å². The highest BCUT2D eigenvalue weighted by Gasteiger charge is 2.49. The molecule has 2 aliphatic heterocycles. The molecule has 0 spiro atoms. The van der Waals surface area contributed by atoms with Crippen molar-refractivity contribution in [2.75, 3.05) is 6.54 Å². The molecule has 2 aromatic rings. The number of hydrogen-bond donors (Lipinski definition) is 0. The van der Waals surface area contributed by atoms with Gasteiger partial charge in [-0.1, -0.05) is 18.2 Å². The number of carbonyl (C=O) groups excluding carboxylic acids is 1. The fraction of sp³-hybridized carbons (Fsp3) is 0.364. The lowest BCUT2D eigenvalue weighted by Gasteiger charge is -2.40. The summed E-state index contributed by atoms with van der Waals surface area (Å²) in [5.41, 5.74) is 0.740. The first-order valence-corrected chi connectivity index (χ1v) is 11.5. The molecule has 1 amide bonds. The van der Waals surface area contributed by atoms with Crippen molar-refractivity contribution in [3.8, 4) is 0 Å². The molecule has 30 heavy (non-hydrogen) atoms. The second-order valence-electron chi connectivity index (χ2n) is 7.75. The molecule has 0 saturated carbocycles. The van der Waals surface area contributed by atoms with Gasteiger partial charge >= 0.3 is 0 Å². The molecule has 3 atom stereocenters. The smallest absolute Gasteiger partial charge is 0.244 e. The zero-order valence-corrected chi connectivity index (χ0v) is 17.3. The van der Waals surface area contributed by atoms with Gasteiger partial charge in [-0.3, -0.25) is 9.78 Å². The van der Waals surface area contributed by atoms with Crippen molar-refractivity contribution in [3.05, 3.63) is 72.8 Å². The summed E-state index contributed by atoms with van der Waals surface area (Å²) in [6.07, 6.45) is 5.21. The van der Waals surface area contributed by atoms with E-state index >= 15 is 0 Å². The molecular weight excluding hydrogens is 405 g/mol. The molecule has 4 rings (SSSR count). The molecule has 3 heterocycles. The van der Waals surface area contributed by atoms with E-state index in [2.05, 4.69) is 11.6 Å². The Morgan fingerprint density at radius 2 is 2.03 bits per heavy atom. The fourth-order valence-corrected chi connectivity index (χ4v) is 6.38. The number of carbonyl (C=O) groups is 1. The molecule has 0 N–H and O–H groups in total. The molecule has 158 valence electrons. The molecular formula is C22H24FN3O3S. The topological polar surface area (TPSA) is 70.6 Å². The van der Waals surface area contributed by atoms with E-state index in [0.717, 1.165) is 18.2 Å². The number of amides is 1. The molecule has 0 aliphatic carbocycles. The quantitative estimate of drug-likeness (QED) is 0.685. The van der Waals surface area contributed by atoms with Gasteiger partial charge in [-0.2, -0.15) is 4.31 Å². The fourth-order valence-electron chi connectivity index (χ4n) is 4.47. The number of rotatable bonds is 5. The van der Waals surface area contributed by atoms with E-state index in [-0.39, 0.29) is 16.7 Å². The number of sulfonamides is 1. The van der Waals surface area contributed by atoms with Crippen LogP contribution < -0.4 is 0 Å². The molecule has 0 radical (unpaired) electrons. The van der Waals surface area contributed by atoms with Crippen LogP contribution in [-0.4, -0.2) is 47.1 Å². The summed E-state index contributed by atoms with van der Waals surface area (Å²) in [7, 11) is -4.06. The largest absolute Gasteiger partial charge is 0.335 e. The van der Waals surface area contributed by atoms with Gasteiger partial charge in [0.25, 0.3) is 0 Å². The Labute approximate surface area is 176 Å². The molecule has 2 saturated heterocycles. The Morgan fingerprint density at radius 3 is 2.73 bits per heavy atom. The number of halogens is 1. The third-order valence-corrected chi connectivity index (χ3v) is 7.82. The maximum atomic E-state index is 13.8. The summed E-state index contributed by atoms with van der Waals surface area (Å²) in [6, 6.07) is 9.25. The highest BCUT2D eigenvalue weighted by molar-refractivity contribution is 7.89. The molecule has 2 bridgehead atoms. The summed E-state index contributed by atoms with van der Waals surface area (Å²) in [4.78, 5) is 19.3. The van der Waals surface area contributed by atoms with Crippen LogP contribution in [0.5, 0.6) is 0 Å². The van der Waals surface area contributed by atoms with Crippen LogP contribution in [0.4, 0.5) is 4.39 Å². The van der Waals surface area contributed by atoms with Crippen LogP contribution in [-0.2, 0) is 21.4 Å². The number of hydrogen-bond acceptors (Lipinski definition) is 4. The zero-order valence-electron chi connectivity index (χ0n) is 16.5. The lowest BCUT2D eigenvalue weighted by atomic mass is 9.90. The minimum atomic E-state index is -4.06. The van der Waals surface area contributed by atoms with Crippen LogP contribution in [0.1, 0.15) is 25.0 Å². The Hall–Kier alpha value is -2.58. The Balaban J connectivity index is 1.75. The monoisotopic (exact) mass is 429 g/mol. The Morgan fingerprint density at radius 1 is 1.20 bits per heavy atom. The highest BCUT2D eigenvalue weighted by Crippen LogP contribution is 2.37. The van der Waals surface area contributed by atoms with Gasteiger partial charge in [-0.05, 0) is 49.6 Å². The van der Waals surface area contributed by atoms with Gasteiger partial charge < -0.3 is 4.90 Å². The molecule has 2 aliphatic rings. The molecule has 6 nitrogen and oxygen atoms in total. The van der Waals surface area contributed by atoms with Crippen molar-refractivity contribution in [2.24, 2.45) is 5.92 Å². The Bertz CT molecular complexity index is 1040. The standard InChI is InChI=1S/C22H24FN3O3S/c1-2-16-14-25(15-18-8-3-4-12-24-18)22(27)21-11-6-10-20(16)26(21)30(28,29)19-9-5-7-17(23)13-19/h2-5,7-9,12-13,16,20-21H,1,6,10-11,14-15H2/t16-,20?,21?/m0/s1. The van der Waals surface area contributed by atoms with Crippen LogP contribution in [0.25, 0.3) is 0 Å². The van der Waals surface area contributed by atoms with Gasteiger partial charge in [0, 0.05) is 24.7 Å². The summed E-state index contributed by atoms with van der Waals surface area (Å²) in [5, 5.41) is 0. The minimum Gasteiger partial charge on any atom is -0.335 e. The predicted octanol–water partition coefficient (Wildman–Crippen LogP) is 2.98. The van der Waals surface area contributed by atoms with Gasteiger partial charge in [0.2, 0.25) is 15.9 Å². The van der Waals surface area contributed by atoms with E-state index in [1.54, 1.807) is 23.2 Å². The van der Waals surface area contributed by atoms with Crippen molar-refractivity contribution in [1.82, 2.24) is 14.2 Å². The van der Waals surface area contributed by atoms with Crippen molar-refractivity contribution in [1.29, 1.82) is 0 Å². The lowest BCUT2D eigenvalue weighted by Crippen LogP contribution is -2.54. The highest BCUT2D eigenvalue weighted by atomic mass is 32.2. The maximum Gasteiger partial charge on any atom is 0.244 e. The number of nitrogens with zero attached hydrogens (tertiary/aromatic N) is 3. The zero-order chi connectivity index (χ0) is 21.3. The normalized spacial score (nSPS) is 25.0. The predicted molar refractivity (Wildman–Crippen MR) is 110 cm³/mol. The average molecular weight is 430 g/mol. The molecule has 1 aromatic carbocycles. The van der Waals surface area contributed by atoms with Crippen molar-refractivity contribution in [3.63, 3.8) is 0 Å². The third-order valence-electron chi connectivity index (χ3n) is 5.89. The number of aromatic nitrogens is 1. The van der Waals surface area contributed by atoms with Gasteiger partial charge in [0.1, 0.15) is 11.9 Å². The summed E-state index contributed by atoms with van der Waals surface area (Å²) >= 11 is 0. The Kier molecular flexibility index (Phi) is 5.71. The van der Waals surface area contributed by atoms with Crippen LogP contribution >= 0.6 is 0 Å². The van der Waals surface area contributed by atoms with Crippen LogP contribution in [0.3, 0.4) is 0 Å². The van der Waals surface area contributed by atoms with Crippen molar-refractivity contribution < 1.29 is 17.6 Å². The molecule has 1 aromatic heterocycles. The average Bonchev–Trinajstić information content (AvgIpc) is 2.82. The number of benzene rings is 1. The summed E-state index contributed by atoms with van der Waals surface area (Å²) in [6.45, 7) is 4.59. The minimum absolute atomic E-state index is 0.131. The number of piperidine rings is 1. The van der Waals surface area contributed by atoms with Crippen molar-refractivity contribution in [2.45, 2.75) is 42.8 Å². The van der Waals surface area contributed by atoms with Crippen molar-refractivity contribution >= 4 is 15.9 Å². The van der Waals surface area contributed by atoms with E-state index in [4.69, 9.17) is 0 Å². The van der Waals surface area contributed by atoms with Gasteiger partial charge in [-0.15, -0.1) is 6.58 Å². The van der Waals surface area contributed by atoms with E-state index < -0.39 is 27.9 Å². The summed E-state index contributed by atoms with van der Waals surface area (Å²) < 4.78 is 42.1. The second kappa shape index (κ2) is 8.28. The molecule has 2 unspecified atom stereocenters. The number of pyridine rings is 1. The summed E-state index contributed by atoms with van der Waals surface area (Å²) in [5.74, 6) is -1.10. The first-order valence-electron chi connectivity index (χ1n) is 10.0. The molecule has 8 heteroatoms. The van der Waals surface area contributed by atoms with Crippen LogP contribution in [0, 0.1) is 11.7 Å². The molecule has 2 fully saturated rings. The van der Waals surface area contributed by atoms with Gasteiger partial charge in [0.15, 0.2) is 0 Å². The maximum absolute atomic E-state index is 13.8. The first kappa shape index (κ1) is 20.7. The van der Waals surface area contributed by atoms with Gasteiger partial charge in [0.05, 0.1) is 17.1 Å². The lowest BCUT2D eigenvalue weighted by molar-refractivity contribution is -0.135. The van der Waals surface area contributed by atoms with E-state index in [1.807, 2.05) is 12.1 Å². The second-order valence-corrected chi connectivity index (χ2v) is 9.59. The third kappa shape index (κ3) is 3.77. The SMILES string of the molecule is C=C[C@H]1CN(Cc2ccccn2)C(=O)C2CCCC1N2S(=O)(=O)c1cccc(F)c1. The number of fused-ring (bicyclic) bond motifs is 2. The van der Waals surface area contributed by atoms with Gasteiger partial charge in [-0.25, -0.2) is 12.8 Å².